The third-order valence-electron chi connectivity index (χ3n) is 4.58. The number of alkyl halides is 3. The fourth-order valence-corrected chi connectivity index (χ4v) is 3.02. The van der Waals surface area contributed by atoms with Gasteiger partial charge in [-0.15, -0.1) is 0 Å². The molecule has 1 amide bonds. The summed E-state index contributed by atoms with van der Waals surface area (Å²) < 4.78 is 51.0. The number of carbonyl (C=O) groups is 1. The number of hydrogen-bond acceptors (Lipinski definition) is 4. The zero-order chi connectivity index (χ0) is 20.3. The number of rotatable bonds is 5. The SMILES string of the molecule is NC(=O)c1cc(-c2ccc(OCC3CCOCC3)cc2)c(C(F)(F)F)[nH]c1=O. The number of H-pyrrole nitrogens is 1. The lowest BCUT2D eigenvalue weighted by Crippen LogP contribution is -2.27. The molecule has 1 aromatic carbocycles. The number of amides is 1. The van der Waals surface area contributed by atoms with E-state index in [2.05, 4.69) is 0 Å². The first kappa shape index (κ1) is 19.9. The van der Waals surface area contributed by atoms with E-state index in [1.807, 2.05) is 0 Å². The molecule has 28 heavy (non-hydrogen) atoms. The molecule has 0 spiro atoms. The molecular weight excluding hydrogens is 377 g/mol. The van der Waals surface area contributed by atoms with Crippen molar-refractivity contribution in [3.05, 3.63) is 51.9 Å². The molecule has 0 bridgehead atoms. The van der Waals surface area contributed by atoms with Gasteiger partial charge in [0, 0.05) is 18.8 Å². The van der Waals surface area contributed by atoms with Crippen LogP contribution in [0.25, 0.3) is 11.1 Å². The summed E-state index contributed by atoms with van der Waals surface area (Å²) >= 11 is 0. The number of halogens is 3. The number of aromatic nitrogens is 1. The van der Waals surface area contributed by atoms with Crippen LogP contribution in [0.1, 0.15) is 28.9 Å². The predicted octanol–water partition coefficient (Wildman–Crippen LogP) is 2.97. The molecule has 1 aromatic heterocycles. The van der Waals surface area contributed by atoms with Gasteiger partial charge in [0.15, 0.2) is 0 Å². The second kappa shape index (κ2) is 8.05. The Hall–Kier alpha value is -2.81. The standard InChI is InChI=1S/C19H19F3N2O4/c20-19(21,22)16-14(9-15(17(23)25)18(26)24-16)12-1-3-13(4-2-12)28-10-11-5-7-27-8-6-11/h1-4,9,11H,5-8,10H2,(H2,23,25)(H,24,26). The average Bonchev–Trinajstić information content (AvgIpc) is 2.66. The monoisotopic (exact) mass is 396 g/mol. The van der Waals surface area contributed by atoms with Crippen molar-refractivity contribution in [1.29, 1.82) is 0 Å². The first-order chi connectivity index (χ1) is 13.3. The van der Waals surface area contributed by atoms with Gasteiger partial charge in [-0.25, -0.2) is 0 Å². The van der Waals surface area contributed by atoms with Gasteiger partial charge >= 0.3 is 6.18 Å². The molecular formula is C19H19F3N2O4. The van der Waals surface area contributed by atoms with Crippen molar-refractivity contribution >= 4 is 5.91 Å². The van der Waals surface area contributed by atoms with Crippen LogP contribution in [-0.2, 0) is 10.9 Å². The number of aromatic amines is 1. The molecule has 1 saturated heterocycles. The molecule has 1 fully saturated rings. The van der Waals surface area contributed by atoms with Crippen molar-refractivity contribution in [3.63, 3.8) is 0 Å². The third-order valence-corrected chi connectivity index (χ3v) is 4.58. The minimum atomic E-state index is -4.80. The van der Waals surface area contributed by atoms with Crippen LogP contribution < -0.4 is 16.0 Å². The van der Waals surface area contributed by atoms with E-state index in [1.165, 1.54) is 12.1 Å². The van der Waals surface area contributed by atoms with E-state index in [1.54, 1.807) is 17.1 Å². The van der Waals surface area contributed by atoms with Crippen molar-refractivity contribution in [2.75, 3.05) is 19.8 Å². The second-order valence-electron chi connectivity index (χ2n) is 6.55. The summed E-state index contributed by atoms with van der Waals surface area (Å²) in [6.07, 6.45) is -3.00. The molecule has 3 rings (SSSR count). The maximum Gasteiger partial charge on any atom is 0.431 e. The summed E-state index contributed by atoms with van der Waals surface area (Å²) in [6, 6.07) is 6.83. The highest BCUT2D eigenvalue weighted by atomic mass is 19.4. The van der Waals surface area contributed by atoms with Crippen molar-refractivity contribution in [1.82, 2.24) is 4.98 Å². The van der Waals surface area contributed by atoms with Crippen molar-refractivity contribution in [3.8, 4) is 16.9 Å². The van der Waals surface area contributed by atoms with E-state index in [4.69, 9.17) is 15.2 Å². The van der Waals surface area contributed by atoms with Gasteiger partial charge in [-0.1, -0.05) is 12.1 Å². The predicted molar refractivity (Wildman–Crippen MR) is 95.1 cm³/mol. The van der Waals surface area contributed by atoms with Gasteiger partial charge in [0.1, 0.15) is 17.0 Å². The first-order valence-corrected chi connectivity index (χ1v) is 8.71. The number of carbonyl (C=O) groups excluding carboxylic acids is 1. The van der Waals surface area contributed by atoms with Crippen LogP contribution >= 0.6 is 0 Å². The van der Waals surface area contributed by atoms with Crippen LogP contribution in [0.2, 0.25) is 0 Å². The number of ether oxygens (including phenoxy) is 2. The molecule has 1 aliphatic heterocycles. The van der Waals surface area contributed by atoms with E-state index in [0.29, 0.717) is 31.5 Å². The topological polar surface area (TPSA) is 94.4 Å². The Bertz CT molecular complexity index is 901. The number of nitrogens with two attached hydrogens (primary N) is 1. The zero-order valence-electron chi connectivity index (χ0n) is 14.8. The molecule has 2 aromatic rings. The molecule has 6 nitrogen and oxygen atoms in total. The minimum absolute atomic E-state index is 0.171. The van der Waals surface area contributed by atoms with Crippen LogP contribution in [0.3, 0.4) is 0 Å². The smallest absolute Gasteiger partial charge is 0.431 e. The summed E-state index contributed by atoms with van der Waals surface area (Å²) in [7, 11) is 0. The van der Waals surface area contributed by atoms with Gasteiger partial charge in [0.25, 0.3) is 11.5 Å². The summed E-state index contributed by atoms with van der Waals surface area (Å²) in [6.45, 7) is 1.89. The zero-order valence-corrected chi connectivity index (χ0v) is 14.8. The van der Waals surface area contributed by atoms with E-state index in [0.717, 1.165) is 18.9 Å². The van der Waals surface area contributed by atoms with E-state index >= 15 is 0 Å². The van der Waals surface area contributed by atoms with Crippen LogP contribution in [0.4, 0.5) is 13.2 Å². The normalized spacial score (nSPS) is 15.4. The number of hydrogen-bond donors (Lipinski definition) is 2. The Balaban J connectivity index is 1.86. The van der Waals surface area contributed by atoms with Crippen molar-refractivity contribution < 1.29 is 27.4 Å². The Morgan fingerprint density at radius 1 is 1.21 bits per heavy atom. The average molecular weight is 396 g/mol. The lowest BCUT2D eigenvalue weighted by molar-refractivity contribution is -0.140. The Morgan fingerprint density at radius 3 is 2.43 bits per heavy atom. The highest BCUT2D eigenvalue weighted by Gasteiger charge is 2.36. The Labute approximate surface area is 158 Å². The summed E-state index contributed by atoms with van der Waals surface area (Å²) in [5.74, 6) is -0.210. The van der Waals surface area contributed by atoms with Gasteiger partial charge in [-0.3, -0.25) is 9.59 Å². The molecule has 0 aliphatic carbocycles. The summed E-state index contributed by atoms with van der Waals surface area (Å²) in [4.78, 5) is 24.8. The number of nitrogens with one attached hydrogen (secondary N) is 1. The fourth-order valence-electron chi connectivity index (χ4n) is 3.02. The van der Waals surface area contributed by atoms with E-state index in [9.17, 15) is 22.8 Å². The van der Waals surface area contributed by atoms with Gasteiger partial charge < -0.3 is 20.2 Å². The quantitative estimate of drug-likeness (QED) is 0.813. The largest absolute Gasteiger partial charge is 0.493 e. The molecule has 9 heteroatoms. The molecule has 1 aliphatic rings. The maximum atomic E-state index is 13.3. The highest BCUT2D eigenvalue weighted by Crippen LogP contribution is 2.35. The summed E-state index contributed by atoms with van der Waals surface area (Å²) in [5.41, 5.74) is 1.96. The van der Waals surface area contributed by atoms with Crippen LogP contribution in [0.5, 0.6) is 5.75 Å². The van der Waals surface area contributed by atoms with Gasteiger partial charge in [-0.05, 0) is 42.5 Å². The van der Waals surface area contributed by atoms with Gasteiger partial charge in [0.05, 0.1) is 6.61 Å². The molecule has 0 radical (unpaired) electrons. The van der Waals surface area contributed by atoms with Crippen LogP contribution in [0, 0.1) is 5.92 Å². The van der Waals surface area contributed by atoms with Crippen molar-refractivity contribution in [2.45, 2.75) is 19.0 Å². The lowest BCUT2D eigenvalue weighted by Gasteiger charge is -2.22. The molecule has 0 saturated carbocycles. The molecule has 3 N–H and O–H groups in total. The van der Waals surface area contributed by atoms with Crippen molar-refractivity contribution in [2.24, 2.45) is 11.7 Å². The maximum absolute atomic E-state index is 13.3. The molecule has 2 heterocycles. The van der Waals surface area contributed by atoms with Crippen LogP contribution in [-0.4, -0.2) is 30.7 Å². The molecule has 0 unspecified atom stereocenters. The number of benzene rings is 1. The lowest BCUT2D eigenvalue weighted by atomic mass is 10.0. The first-order valence-electron chi connectivity index (χ1n) is 8.71. The van der Waals surface area contributed by atoms with Gasteiger partial charge in [0.2, 0.25) is 0 Å². The second-order valence-corrected chi connectivity index (χ2v) is 6.55. The Morgan fingerprint density at radius 2 is 1.86 bits per heavy atom. The van der Waals surface area contributed by atoms with E-state index in [-0.39, 0.29) is 11.1 Å². The Kier molecular flexibility index (Phi) is 5.73. The number of primary amides is 1. The third kappa shape index (κ3) is 4.53. The molecule has 0 atom stereocenters. The highest BCUT2D eigenvalue weighted by molar-refractivity contribution is 5.93. The van der Waals surface area contributed by atoms with Gasteiger partial charge in [-0.2, -0.15) is 13.2 Å². The van der Waals surface area contributed by atoms with E-state index < -0.39 is 28.9 Å². The van der Waals surface area contributed by atoms with Crippen LogP contribution in [0.15, 0.2) is 35.1 Å². The fraction of sp³-hybridized carbons (Fsp3) is 0.368. The summed E-state index contributed by atoms with van der Waals surface area (Å²) in [5, 5.41) is 0. The molecule has 150 valence electrons. The minimum Gasteiger partial charge on any atom is -0.493 e. The number of pyridine rings is 1.